The van der Waals surface area contributed by atoms with Crippen LogP contribution in [0.3, 0.4) is 0 Å². The van der Waals surface area contributed by atoms with Crippen molar-refractivity contribution in [3.63, 3.8) is 0 Å². The van der Waals surface area contributed by atoms with Crippen molar-refractivity contribution in [3.8, 4) is 0 Å². The molecule has 0 heterocycles. The van der Waals surface area contributed by atoms with Gasteiger partial charge in [-0.2, -0.15) is 0 Å². The summed E-state index contributed by atoms with van der Waals surface area (Å²) in [5.41, 5.74) is 1.37. The van der Waals surface area contributed by atoms with Crippen molar-refractivity contribution in [2.45, 2.75) is 13.8 Å². The Kier molecular flexibility index (Phi) is 8.00. The summed E-state index contributed by atoms with van der Waals surface area (Å²) in [6.07, 6.45) is 0. The highest BCUT2D eigenvalue weighted by Gasteiger charge is 2.14. The predicted molar refractivity (Wildman–Crippen MR) is 113 cm³/mol. The Balaban J connectivity index is 1.87. The van der Waals surface area contributed by atoms with E-state index >= 15 is 0 Å². The number of nitro benzene ring substituents is 1. The smallest absolute Gasteiger partial charge is 0.271 e. The number of nitrogens with zero attached hydrogens (tertiary/aromatic N) is 2. The number of anilines is 3. The SMILES string of the molecule is CCN(CC(=O)Nc1ccc(NC(C)=O)cc1)CC(=O)Nc1cccc([N+](=O)[O-])c1. The van der Waals surface area contributed by atoms with Crippen LogP contribution in [-0.4, -0.2) is 47.2 Å². The molecule has 0 unspecified atom stereocenters. The van der Waals surface area contributed by atoms with Gasteiger partial charge in [0.15, 0.2) is 0 Å². The zero-order valence-electron chi connectivity index (χ0n) is 16.7. The molecule has 3 amide bonds. The summed E-state index contributed by atoms with van der Waals surface area (Å²) in [6, 6.07) is 12.3. The van der Waals surface area contributed by atoms with E-state index in [4.69, 9.17) is 0 Å². The fraction of sp³-hybridized carbons (Fsp3) is 0.250. The van der Waals surface area contributed by atoms with Gasteiger partial charge >= 0.3 is 0 Å². The number of likely N-dealkylation sites (N-methyl/N-ethyl adjacent to an activating group) is 1. The molecule has 0 saturated heterocycles. The number of nitrogens with one attached hydrogen (secondary N) is 3. The van der Waals surface area contributed by atoms with E-state index in [2.05, 4.69) is 16.0 Å². The van der Waals surface area contributed by atoms with Gasteiger partial charge in [0.2, 0.25) is 17.7 Å². The second-order valence-electron chi connectivity index (χ2n) is 6.47. The highest BCUT2D eigenvalue weighted by Crippen LogP contribution is 2.17. The average molecular weight is 413 g/mol. The van der Waals surface area contributed by atoms with Gasteiger partial charge < -0.3 is 16.0 Å². The van der Waals surface area contributed by atoms with E-state index in [0.717, 1.165) is 0 Å². The molecule has 10 nitrogen and oxygen atoms in total. The van der Waals surface area contributed by atoms with Crippen LogP contribution in [0.25, 0.3) is 0 Å². The molecule has 158 valence electrons. The summed E-state index contributed by atoms with van der Waals surface area (Å²) >= 11 is 0. The van der Waals surface area contributed by atoms with E-state index in [1.807, 2.05) is 6.92 Å². The number of hydrogen-bond donors (Lipinski definition) is 3. The van der Waals surface area contributed by atoms with Crippen molar-refractivity contribution < 1.29 is 19.3 Å². The molecular formula is C20H23N5O5. The lowest BCUT2D eigenvalue weighted by molar-refractivity contribution is -0.384. The minimum atomic E-state index is -0.541. The van der Waals surface area contributed by atoms with Crippen molar-refractivity contribution in [1.29, 1.82) is 0 Å². The first-order chi connectivity index (χ1) is 14.3. The lowest BCUT2D eigenvalue weighted by atomic mass is 10.2. The Hall–Kier alpha value is -3.79. The van der Waals surface area contributed by atoms with Crippen LogP contribution in [-0.2, 0) is 14.4 Å². The van der Waals surface area contributed by atoms with Gasteiger partial charge in [0, 0.05) is 36.1 Å². The molecule has 0 aliphatic heterocycles. The number of nitro groups is 1. The number of carbonyl (C=O) groups excluding carboxylic acids is 3. The van der Waals surface area contributed by atoms with Crippen molar-refractivity contribution in [2.24, 2.45) is 0 Å². The summed E-state index contributed by atoms with van der Waals surface area (Å²) < 4.78 is 0. The van der Waals surface area contributed by atoms with Crippen molar-refractivity contribution in [1.82, 2.24) is 4.90 Å². The fourth-order valence-corrected chi connectivity index (χ4v) is 2.62. The van der Waals surface area contributed by atoms with Crippen LogP contribution < -0.4 is 16.0 Å². The maximum atomic E-state index is 12.3. The van der Waals surface area contributed by atoms with Crippen LogP contribution in [0.5, 0.6) is 0 Å². The van der Waals surface area contributed by atoms with Gasteiger partial charge in [-0.15, -0.1) is 0 Å². The summed E-state index contributed by atoms with van der Waals surface area (Å²) in [5.74, 6) is -0.870. The minimum absolute atomic E-state index is 0.00763. The number of carbonyl (C=O) groups is 3. The Morgan fingerprint density at radius 3 is 1.93 bits per heavy atom. The second kappa shape index (κ2) is 10.7. The predicted octanol–water partition coefficient (Wildman–Crippen LogP) is 2.45. The summed E-state index contributed by atoms with van der Waals surface area (Å²) in [4.78, 5) is 47.5. The molecule has 0 aromatic heterocycles. The third-order valence-electron chi connectivity index (χ3n) is 4.01. The second-order valence-corrected chi connectivity index (χ2v) is 6.47. The van der Waals surface area contributed by atoms with Crippen molar-refractivity contribution in [2.75, 3.05) is 35.6 Å². The number of non-ortho nitro benzene ring substituents is 1. The first-order valence-corrected chi connectivity index (χ1v) is 9.21. The topological polar surface area (TPSA) is 134 Å². The van der Waals surface area contributed by atoms with E-state index in [-0.39, 0.29) is 36.5 Å². The molecule has 0 atom stereocenters. The van der Waals surface area contributed by atoms with Crippen LogP contribution >= 0.6 is 0 Å². The minimum Gasteiger partial charge on any atom is -0.326 e. The largest absolute Gasteiger partial charge is 0.326 e. The molecule has 0 bridgehead atoms. The van der Waals surface area contributed by atoms with Crippen LogP contribution in [0.15, 0.2) is 48.5 Å². The van der Waals surface area contributed by atoms with Gasteiger partial charge in [0.05, 0.1) is 18.0 Å². The quantitative estimate of drug-likeness (QED) is 0.427. The van der Waals surface area contributed by atoms with Gasteiger partial charge in [-0.1, -0.05) is 13.0 Å². The first kappa shape index (κ1) is 22.5. The maximum Gasteiger partial charge on any atom is 0.271 e. The van der Waals surface area contributed by atoms with Gasteiger partial charge in [-0.25, -0.2) is 0 Å². The van der Waals surface area contributed by atoms with Gasteiger partial charge in [0.1, 0.15) is 0 Å². The Bertz CT molecular complexity index is 929. The highest BCUT2D eigenvalue weighted by atomic mass is 16.6. The highest BCUT2D eigenvalue weighted by molar-refractivity contribution is 5.95. The van der Waals surface area contributed by atoms with Crippen LogP contribution in [0, 0.1) is 10.1 Å². The summed E-state index contributed by atoms with van der Waals surface area (Å²) in [5, 5.41) is 18.8. The molecule has 0 radical (unpaired) electrons. The van der Waals surface area contributed by atoms with Gasteiger partial charge in [-0.05, 0) is 36.9 Å². The molecule has 0 fully saturated rings. The monoisotopic (exact) mass is 413 g/mol. The molecule has 0 aliphatic carbocycles. The molecule has 0 saturated carbocycles. The molecular weight excluding hydrogens is 390 g/mol. The summed E-state index contributed by atoms with van der Waals surface area (Å²) in [7, 11) is 0. The van der Waals surface area contributed by atoms with Crippen LogP contribution in [0.1, 0.15) is 13.8 Å². The lowest BCUT2D eigenvalue weighted by Gasteiger charge is -2.19. The number of amides is 3. The zero-order valence-corrected chi connectivity index (χ0v) is 16.7. The third-order valence-corrected chi connectivity index (χ3v) is 4.01. The molecule has 0 spiro atoms. The van der Waals surface area contributed by atoms with Gasteiger partial charge in [-0.3, -0.25) is 29.4 Å². The number of hydrogen-bond acceptors (Lipinski definition) is 6. The fourth-order valence-electron chi connectivity index (χ4n) is 2.62. The molecule has 2 aromatic rings. The first-order valence-electron chi connectivity index (χ1n) is 9.21. The number of benzene rings is 2. The third kappa shape index (κ3) is 7.32. The maximum absolute atomic E-state index is 12.3. The standard InChI is InChI=1S/C20H23N5O5/c1-3-24(13-20(28)23-17-5-4-6-18(11-17)25(29)30)12-19(27)22-16-9-7-15(8-10-16)21-14(2)26/h4-11H,3,12-13H2,1-2H3,(H,21,26)(H,22,27)(H,23,28). The molecule has 10 heteroatoms. The molecule has 3 N–H and O–H groups in total. The average Bonchev–Trinajstić information content (AvgIpc) is 2.68. The molecule has 2 rings (SSSR count). The summed E-state index contributed by atoms with van der Waals surface area (Å²) in [6.45, 7) is 3.62. The lowest BCUT2D eigenvalue weighted by Crippen LogP contribution is -2.38. The van der Waals surface area contributed by atoms with Crippen molar-refractivity contribution in [3.05, 3.63) is 58.6 Å². The van der Waals surface area contributed by atoms with E-state index < -0.39 is 4.92 Å². The Morgan fingerprint density at radius 2 is 1.43 bits per heavy atom. The molecule has 2 aromatic carbocycles. The number of rotatable bonds is 9. The van der Waals surface area contributed by atoms with Crippen LogP contribution in [0.2, 0.25) is 0 Å². The van der Waals surface area contributed by atoms with E-state index in [1.165, 1.54) is 25.1 Å². The van der Waals surface area contributed by atoms with E-state index in [9.17, 15) is 24.5 Å². The zero-order chi connectivity index (χ0) is 22.1. The van der Waals surface area contributed by atoms with E-state index in [1.54, 1.807) is 35.2 Å². The molecule has 0 aliphatic rings. The van der Waals surface area contributed by atoms with E-state index in [0.29, 0.717) is 23.6 Å². The normalized spacial score (nSPS) is 10.4. The Labute approximate surface area is 173 Å². The van der Waals surface area contributed by atoms with Crippen LogP contribution in [0.4, 0.5) is 22.7 Å². The van der Waals surface area contributed by atoms with Crippen molar-refractivity contribution >= 4 is 40.5 Å². The van der Waals surface area contributed by atoms with Gasteiger partial charge in [0.25, 0.3) is 5.69 Å². The Morgan fingerprint density at radius 1 is 0.900 bits per heavy atom. The molecule has 30 heavy (non-hydrogen) atoms.